The van der Waals surface area contributed by atoms with Gasteiger partial charge < -0.3 is 14.8 Å². The number of benzene rings is 2. The highest BCUT2D eigenvalue weighted by Gasteiger charge is 2.10. The fourth-order valence-corrected chi connectivity index (χ4v) is 2.76. The van der Waals surface area contributed by atoms with E-state index in [1.807, 2.05) is 30.3 Å². The SMILES string of the molecule is CC(C)CCOc1ccc(C(=O)Nc2ccc(OCC(C)C)cc2)cc1Br. The van der Waals surface area contributed by atoms with Crippen LogP contribution in [0.15, 0.2) is 46.9 Å². The van der Waals surface area contributed by atoms with Crippen molar-refractivity contribution in [2.24, 2.45) is 11.8 Å². The van der Waals surface area contributed by atoms with E-state index in [2.05, 4.69) is 48.9 Å². The molecule has 0 fully saturated rings. The molecule has 1 N–H and O–H groups in total. The molecule has 0 bridgehead atoms. The van der Waals surface area contributed by atoms with Gasteiger partial charge in [0.2, 0.25) is 0 Å². The second kappa shape index (κ2) is 10.4. The molecular weight excluding hydrogens is 406 g/mol. The van der Waals surface area contributed by atoms with Gasteiger partial charge in [-0.3, -0.25) is 4.79 Å². The van der Waals surface area contributed by atoms with Crippen molar-refractivity contribution < 1.29 is 14.3 Å². The van der Waals surface area contributed by atoms with Crippen LogP contribution >= 0.6 is 15.9 Å². The Morgan fingerprint density at radius 2 is 1.70 bits per heavy atom. The number of ether oxygens (including phenoxy) is 2. The van der Waals surface area contributed by atoms with Gasteiger partial charge in [0.05, 0.1) is 17.7 Å². The van der Waals surface area contributed by atoms with E-state index in [1.54, 1.807) is 12.1 Å². The van der Waals surface area contributed by atoms with Crippen LogP contribution in [0.3, 0.4) is 0 Å². The molecule has 0 aliphatic rings. The van der Waals surface area contributed by atoms with Crippen molar-refractivity contribution in [2.45, 2.75) is 34.1 Å². The summed E-state index contributed by atoms with van der Waals surface area (Å²) in [5, 5.41) is 2.90. The molecule has 0 aromatic heterocycles. The Kier molecular flexibility index (Phi) is 8.17. The minimum Gasteiger partial charge on any atom is -0.493 e. The lowest BCUT2D eigenvalue weighted by Crippen LogP contribution is -2.12. The summed E-state index contributed by atoms with van der Waals surface area (Å²) < 4.78 is 12.2. The average molecular weight is 434 g/mol. The Morgan fingerprint density at radius 1 is 1.00 bits per heavy atom. The summed E-state index contributed by atoms with van der Waals surface area (Å²) in [4.78, 5) is 12.5. The molecule has 4 nitrogen and oxygen atoms in total. The third kappa shape index (κ3) is 7.25. The standard InChI is InChI=1S/C22H28BrNO3/c1-15(2)11-12-26-21-10-5-17(13-20(21)23)22(25)24-18-6-8-19(9-7-18)27-14-16(3)4/h5-10,13,15-16H,11-12,14H2,1-4H3,(H,24,25). The van der Waals surface area contributed by atoms with Crippen LogP contribution in [-0.4, -0.2) is 19.1 Å². The van der Waals surface area contributed by atoms with Crippen LogP contribution in [0.5, 0.6) is 11.5 Å². The Morgan fingerprint density at radius 3 is 2.30 bits per heavy atom. The lowest BCUT2D eigenvalue weighted by atomic mass is 10.1. The molecule has 0 aliphatic carbocycles. The van der Waals surface area contributed by atoms with E-state index in [0.717, 1.165) is 28.1 Å². The summed E-state index contributed by atoms with van der Waals surface area (Å²) in [5.74, 6) is 2.45. The highest BCUT2D eigenvalue weighted by Crippen LogP contribution is 2.27. The zero-order valence-corrected chi connectivity index (χ0v) is 18.0. The molecule has 5 heteroatoms. The van der Waals surface area contributed by atoms with Gasteiger partial charge in [0.1, 0.15) is 11.5 Å². The van der Waals surface area contributed by atoms with Gasteiger partial charge in [-0.25, -0.2) is 0 Å². The van der Waals surface area contributed by atoms with Gasteiger partial charge in [0.15, 0.2) is 0 Å². The predicted molar refractivity (Wildman–Crippen MR) is 114 cm³/mol. The van der Waals surface area contributed by atoms with Crippen LogP contribution < -0.4 is 14.8 Å². The van der Waals surface area contributed by atoms with Gasteiger partial charge >= 0.3 is 0 Å². The normalized spacial score (nSPS) is 10.9. The lowest BCUT2D eigenvalue weighted by molar-refractivity contribution is 0.102. The molecule has 146 valence electrons. The molecular formula is C22H28BrNO3. The number of anilines is 1. The van der Waals surface area contributed by atoms with Crippen molar-refractivity contribution in [2.75, 3.05) is 18.5 Å². The molecule has 2 rings (SSSR count). The maximum Gasteiger partial charge on any atom is 0.255 e. The van der Waals surface area contributed by atoms with Gasteiger partial charge in [-0.1, -0.05) is 27.7 Å². The van der Waals surface area contributed by atoms with Gasteiger partial charge in [-0.2, -0.15) is 0 Å². The van der Waals surface area contributed by atoms with E-state index in [1.165, 1.54) is 0 Å². The van der Waals surface area contributed by atoms with E-state index in [0.29, 0.717) is 30.6 Å². The quantitative estimate of drug-likeness (QED) is 0.514. The van der Waals surface area contributed by atoms with E-state index in [-0.39, 0.29) is 5.91 Å². The van der Waals surface area contributed by atoms with Crippen LogP contribution in [0.25, 0.3) is 0 Å². The Labute approximate surface area is 170 Å². The maximum atomic E-state index is 12.5. The van der Waals surface area contributed by atoms with Crippen LogP contribution in [0.2, 0.25) is 0 Å². The highest BCUT2D eigenvalue weighted by molar-refractivity contribution is 9.10. The molecule has 27 heavy (non-hydrogen) atoms. The molecule has 0 spiro atoms. The molecule has 0 radical (unpaired) electrons. The number of nitrogens with one attached hydrogen (secondary N) is 1. The summed E-state index contributed by atoms with van der Waals surface area (Å²) in [6.07, 6.45) is 0.992. The number of carbonyl (C=O) groups excluding carboxylic acids is 1. The summed E-state index contributed by atoms with van der Waals surface area (Å²) in [6.45, 7) is 9.86. The van der Waals surface area contributed by atoms with Crippen LogP contribution in [0.4, 0.5) is 5.69 Å². The third-order valence-corrected chi connectivity index (χ3v) is 4.46. The number of rotatable bonds is 9. The second-order valence-electron chi connectivity index (χ2n) is 7.36. The molecule has 0 heterocycles. The summed E-state index contributed by atoms with van der Waals surface area (Å²) in [6, 6.07) is 12.8. The van der Waals surface area contributed by atoms with Crippen molar-refractivity contribution in [1.82, 2.24) is 0 Å². The molecule has 1 amide bonds. The molecule has 0 aliphatic heterocycles. The number of amides is 1. The Balaban J connectivity index is 1.94. The Hall–Kier alpha value is -2.01. The first-order valence-corrected chi connectivity index (χ1v) is 10.1. The average Bonchev–Trinajstić information content (AvgIpc) is 2.62. The first-order chi connectivity index (χ1) is 12.8. The minimum atomic E-state index is -0.166. The van der Waals surface area contributed by atoms with Crippen LogP contribution in [0, 0.1) is 11.8 Å². The number of carbonyl (C=O) groups is 1. The first kappa shape index (κ1) is 21.3. The van der Waals surface area contributed by atoms with E-state index in [9.17, 15) is 4.79 Å². The summed E-state index contributed by atoms with van der Waals surface area (Å²) >= 11 is 3.48. The fraction of sp³-hybridized carbons (Fsp3) is 0.409. The maximum absolute atomic E-state index is 12.5. The van der Waals surface area contributed by atoms with E-state index < -0.39 is 0 Å². The molecule has 2 aromatic carbocycles. The summed E-state index contributed by atoms with van der Waals surface area (Å²) in [7, 11) is 0. The van der Waals surface area contributed by atoms with Crippen LogP contribution in [0.1, 0.15) is 44.5 Å². The monoisotopic (exact) mass is 433 g/mol. The zero-order valence-electron chi connectivity index (χ0n) is 16.4. The molecule has 0 saturated heterocycles. The fourth-order valence-electron chi connectivity index (χ4n) is 2.26. The van der Waals surface area contributed by atoms with Crippen molar-refractivity contribution >= 4 is 27.5 Å². The molecule has 0 unspecified atom stereocenters. The number of halogens is 1. The lowest BCUT2D eigenvalue weighted by Gasteiger charge is -2.12. The number of hydrogen-bond acceptors (Lipinski definition) is 3. The van der Waals surface area contributed by atoms with Gasteiger partial charge in [-0.05, 0) is 76.7 Å². The molecule has 2 aromatic rings. The minimum absolute atomic E-state index is 0.166. The van der Waals surface area contributed by atoms with Gasteiger partial charge in [-0.15, -0.1) is 0 Å². The van der Waals surface area contributed by atoms with Crippen LogP contribution in [-0.2, 0) is 0 Å². The van der Waals surface area contributed by atoms with E-state index >= 15 is 0 Å². The smallest absolute Gasteiger partial charge is 0.255 e. The van der Waals surface area contributed by atoms with Crippen molar-refractivity contribution in [3.8, 4) is 11.5 Å². The predicted octanol–water partition coefficient (Wildman–Crippen LogP) is 6.16. The first-order valence-electron chi connectivity index (χ1n) is 9.31. The second-order valence-corrected chi connectivity index (χ2v) is 8.21. The number of hydrogen-bond donors (Lipinski definition) is 1. The highest BCUT2D eigenvalue weighted by atomic mass is 79.9. The van der Waals surface area contributed by atoms with Crippen molar-refractivity contribution in [1.29, 1.82) is 0 Å². The van der Waals surface area contributed by atoms with Gasteiger partial charge in [0.25, 0.3) is 5.91 Å². The Bertz CT molecular complexity index is 742. The zero-order chi connectivity index (χ0) is 19.8. The summed E-state index contributed by atoms with van der Waals surface area (Å²) in [5.41, 5.74) is 1.29. The van der Waals surface area contributed by atoms with E-state index in [4.69, 9.17) is 9.47 Å². The topological polar surface area (TPSA) is 47.6 Å². The largest absolute Gasteiger partial charge is 0.493 e. The van der Waals surface area contributed by atoms with Crippen molar-refractivity contribution in [3.05, 3.63) is 52.5 Å². The van der Waals surface area contributed by atoms with Crippen molar-refractivity contribution in [3.63, 3.8) is 0 Å². The third-order valence-electron chi connectivity index (χ3n) is 3.84. The van der Waals surface area contributed by atoms with Gasteiger partial charge in [0, 0.05) is 11.3 Å². The molecule has 0 saturated carbocycles. The molecule has 0 atom stereocenters.